The van der Waals surface area contributed by atoms with Crippen molar-refractivity contribution in [3.8, 4) is 0 Å². The van der Waals surface area contributed by atoms with Crippen molar-refractivity contribution in [1.82, 2.24) is 0 Å². The van der Waals surface area contributed by atoms with Crippen LogP contribution in [0.5, 0.6) is 0 Å². The lowest BCUT2D eigenvalue weighted by molar-refractivity contribution is 0.577. The zero-order valence-corrected chi connectivity index (χ0v) is 12.0. The topological polar surface area (TPSA) is 49.9 Å². The zero-order chi connectivity index (χ0) is 14.0. The van der Waals surface area contributed by atoms with E-state index in [1.807, 2.05) is 0 Å². The minimum absolute atomic E-state index is 0.0552. The van der Waals surface area contributed by atoms with Crippen LogP contribution in [0.3, 0.4) is 0 Å². The fourth-order valence-electron chi connectivity index (χ4n) is 1.46. The highest BCUT2D eigenvalue weighted by molar-refractivity contribution is 9.10. The molecule has 2 aromatic carbocycles. The molecule has 0 bridgehead atoms. The van der Waals surface area contributed by atoms with Crippen LogP contribution in [0, 0.1) is 17.0 Å². The highest BCUT2D eigenvalue weighted by Gasteiger charge is 2.09. The van der Waals surface area contributed by atoms with Crippen LogP contribution in [0.15, 0.2) is 50.7 Å². The minimum Gasteiger partial charge on any atom is -0.384 e. The summed E-state index contributed by atoms with van der Waals surface area (Å²) in [6, 6.07) is 8.39. The molecule has 2 aromatic rings. The number of hydrogen-bond acceptors (Lipinski definition) is 2. The summed E-state index contributed by atoms with van der Waals surface area (Å²) in [5.41, 5.74) is 5.96. The van der Waals surface area contributed by atoms with Gasteiger partial charge in [0.05, 0.1) is 4.90 Å². The maximum absolute atomic E-state index is 13.5. The number of amidine groups is 1. The second-order valence-electron chi connectivity index (χ2n) is 3.73. The number of rotatable bonds is 3. The summed E-state index contributed by atoms with van der Waals surface area (Å²) >= 11 is 4.40. The van der Waals surface area contributed by atoms with Gasteiger partial charge in [-0.1, -0.05) is 11.8 Å². The van der Waals surface area contributed by atoms with Crippen molar-refractivity contribution >= 4 is 33.5 Å². The van der Waals surface area contributed by atoms with E-state index in [0.29, 0.717) is 10.0 Å². The molecule has 0 aliphatic rings. The second kappa shape index (κ2) is 5.71. The first kappa shape index (κ1) is 14.0. The van der Waals surface area contributed by atoms with Gasteiger partial charge in [0.1, 0.15) is 17.5 Å². The molecule has 0 aliphatic carbocycles. The summed E-state index contributed by atoms with van der Waals surface area (Å²) in [5, 5.41) is 7.36. The minimum atomic E-state index is -0.483. The van der Waals surface area contributed by atoms with Crippen molar-refractivity contribution < 1.29 is 8.78 Å². The molecule has 98 valence electrons. The van der Waals surface area contributed by atoms with Crippen molar-refractivity contribution in [3.05, 3.63) is 58.1 Å². The van der Waals surface area contributed by atoms with E-state index in [2.05, 4.69) is 15.9 Å². The van der Waals surface area contributed by atoms with Gasteiger partial charge < -0.3 is 5.73 Å². The van der Waals surface area contributed by atoms with Crippen LogP contribution in [0.2, 0.25) is 0 Å². The molecule has 6 heteroatoms. The van der Waals surface area contributed by atoms with Crippen LogP contribution in [0.1, 0.15) is 5.56 Å². The van der Waals surface area contributed by atoms with E-state index in [9.17, 15) is 8.78 Å². The van der Waals surface area contributed by atoms with Crippen molar-refractivity contribution in [1.29, 1.82) is 5.41 Å². The number of hydrogen-bond donors (Lipinski definition) is 2. The Balaban J connectivity index is 2.31. The van der Waals surface area contributed by atoms with Crippen molar-refractivity contribution in [2.75, 3.05) is 0 Å². The molecule has 2 nitrogen and oxygen atoms in total. The smallest absolute Gasteiger partial charge is 0.137 e. The van der Waals surface area contributed by atoms with Gasteiger partial charge in [-0.3, -0.25) is 5.41 Å². The molecule has 19 heavy (non-hydrogen) atoms. The van der Waals surface area contributed by atoms with Crippen molar-refractivity contribution in [3.63, 3.8) is 0 Å². The summed E-state index contributed by atoms with van der Waals surface area (Å²) in [6.07, 6.45) is 0. The van der Waals surface area contributed by atoms with Gasteiger partial charge in [0.2, 0.25) is 0 Å². The molecule has 0 aliphatic heterocycles. The summed E-state index contributed by atoms with van der Waals surface area (Å²) in [4.78, 5) is 0.934. The van der Waals surface area contributed by atoms with E-state index >= 15 is 0 Å². The van der Waals surface area contributed by atoms with Crippen LogP contribution in [-0.4, -0.2) is 5.84 Å². The first-order chi connectivity index (χ1) is 8.97. The number of nitrogens with one attached hydrogen (secondary N) is 1. The van der Waals surface area contributed by atoms with E-state index in [1.54, 1.807) is 18.2 Å². The lowest BCUT2D eigenvalue weighted by Crippen LogP contribution is -2.11. The van der Waals surface area contributed by atoms with E-state index in [1.165, 1.54) is 0 Å². The first-order valence-electron chi connectivity index (χ1n) is 5.24. The molecule has 2 rings (SSSR count). The van der Waals surface area contributed by atoms with Gasteiger partial charge >= 0.3 is 0 Å². The first-order valence-corrected chi connectivity index (χ1v) is 6.85. The third-order valence-electron chi connectivity index (χ3n) is 2.35. The van der Waals surface area contributed by atoms with Crippen LogP contribution < -0.4 is 5.73 Å². The lowest BCUT2D eigenvalue weighted by Gasteiger charge is -2.07. The van der Waals surface area contributed by atoms with Gasteiger partial charge in [0, 0.05) is 14.9 Å². The highest BCUT2D eigenvalue weighted by Crippen LogP contribution is 2.32. The van der Waals surface area contributed by atoms with Crippen LogP contribution >= 0.6 is 27.7 Å². The maximum atomic E-state index is 13.5. The number of nitrogen functional groups attached to an aromatic ring is 1. The molecule has 0 atom stereocenters. The highest BCUT2D eigenvalue weighted by atomic mass is 79.9. The van der Waals surface area contributed by atoms with Gasteiger partial charge in [-0.05, 0) is 52.3 Å². The summed E-state index contributed by atoms with van der Waals surface area (Å²) in [5.74, 6) is -1.01. The van der Waals surface area contributed by atoms with E-state index in [0.717, 1.165) is 34.9 Å². The van der Waals surface area contributed by atoms with Gasteiger partial charge in [-0.15, -0.1) is 0 Å². The maximum Gasteiger partial charge on any atom is 0.137 e. The Morgan fingerprint density at radius 2 is 1.89 bits per heavy atom. The number of halogens is 3. The Hall–Kier alpha value is -1.40. The van der Waals surface area contributed by atoms with Crippen molar-refractivity contribution in [2.24, 2.45) is 5.73 Å². The molecule has 0 saturated carbocycles. The van der Waals surface area contributed by atoms with Crippen LogP contribution in [-0.2, 0) is 0 Å². The average Bonchev–Trinajstić information content (AvgIpc) is 2.33. The molecular weight excluding hydrogens is 334 g/mol. The molecule has 0 unspecified atom stereocenters. The largest absolute Gasteiger partial charge is 0.384 e. The molecule has 0 heterocycles. The number of benzene rings is 2. The van der Waals surface area contributed by atoms with E-state index in [4.69, 9.17) is 11.1 Å². The fraction of sp³-hybridized carbons (Fsp3) is 0. The Kier molecular flexibility index (Phi) is 4.21. The Morgan fingerprint density at radius 3 is 2.53 bits per heavy atom. The van der Waals surface area contributed by atoms with Crippen LogP contribution in [0.4, 0.5) is 8.78 Å². The Morgan fingerprint density at radius 1 is 1.16 bits per heavy atom. The summed E-state index contributed by atoms with van der Waals surface area (Å²) in [7, 11) is 0. The molecule has 0 radical (unpaired) electrons. The quantitative estimate of drug-likeness (QED) is 0.649. The fourth-order valence-corrected chi connectivity index (χ4v) is 3.11. The SMILES string of the molecule is N=C(N)c1ccc(Sc2cc(F)ccc2F)cc1Br. The molecule has 0 amide bonds. The van der Waals surface area contributed by atoms with Gasteiger partial charge in [-0.25, -0.2) is 8.78 Å². The van der Waals surface area contributed by atoms with E-state index in [-0.39, 0.29) is 10.7 Å². The third kappa shape index (κ3) is 3.33. The zero-order valence-electron chi connectivity index (χ0n) is 9.58. The average molecular weight is 343 g/mol. The summed E-state index contributed by atoms with van der Waals surface area (Å²) < 4.78 is 27.2. The molecule has 0 spiro atoms. The molecule has 3 N–H and O–H groups in total. The molecular formula is C13H9BrF2N2S. The van der Waals surface area contributed by atoms with Crippen molar-refractivity contribution in [2.45, 2.75) is 9.79 Å². The second-order valence-corrected chi connectivity index (χ2v) is 5.70. The van der Waals surface area contributed by atoms with E-state index < -0.39 is 11.6 Å². The van der Waals surface area contributed by atoms with Crippen LogP contribution in [0.25, 0.3) is 0 Å². The standard InChI is InChI=1S/C13H9BrF2N2S/c14-10-6-8(2-3-9(10)13(17)18)19-12-5-7(15)1-4-11(12)16/h1-6H,(H3,17,18). The molecule has 0 aromatic heterocycles. The Labute approximate surface area is 121 Å². The van der Waals surface area contributed by atoms with Gasteiger partial charge in [-0.2, -0.15) is 0 Å². The monoisotopic (exact) mass is 342 g/mol. The molecule has 0 fully saturated rings. The van der Waals surface area contributed by atoms with Gasteiger partial charge in [0.25, 0.3) is 0 Å². The lowest BCUT2D eigenvalue weighted by atomic mass is 10.2. The predicted octanol–water partition coefficient (Wildman–Crippen LogP) is 4.16. The predicted molar refractivity (Wildman–Crippen MR) is 75.6 cm³/mol. The summed E-state index contributed by atoms with van der Waals surface area (Å²) in [6.45, 7) is 0. The number of nitrogens with two attached hydrogens (primary N) is 1. The normalized spacial score (nSPS) is 10.5. The van der Waals surface area contributed by atoms with Gasteiger partial charge in [0.15, 0.2) is 0 Å². The Bertz CT molecular complexity index is 647. The third-order valence-corrected chi connectivity index (χ3v) is 4.03. The molecule has 0 saturated heterocycles.